The Balaban J connectivity index is 1.74. The fourth-order valence-corrected chi connectivity index (χ4v) is 2.25. The fourth-order valence-electron chi connectivity index (χ4n) is 2.25. The summed E-state index contributed by atoms with van der Waals surface area (Å²) in [7, 11) is 0. The predicted octanol–water partition coefficient (Wildman–Crippen LogP) is 2.44. The third-order valence-corrected chi connectivity index (χ3v) is 3.41. The van der Waals surface area contributed by atoms with E-state index >= 15 is 0 Å². The van der Waals surface area contributed by atoms with Gasteiger partial charge in [-0.2, -0.15) is 0 Å². The minimum Gasteiger partial charge on any atom is -0.378 e. The second-order valence-electron chi connectivity index (χ2n) is 4.97. The maximum atomic E-state index is 12.9. The van der Waals surface area contributed by atoms with Crippen LogP contribution in [0.1, 0.15) is 10.5 Å². The Morgan fingerprint density at radius 1 is 1.14 bits per heavy atom. The van der Waals surface area contributed by atoms with Crippen LogP contribution in [0.15, 0.2) is 42.6 Å². The summed E-state index contributed by atoms with van der Waals surface area (Å²) in [6, 6.07) is 9.49. The average molecular weight is 301 g/mol. The first-order valence-electron chi connectivity index (χ1n) is 7.08. The van der Waals surface area contributed by atoms with Crippen LogP contribution in [0.3, 0.4) is 0 Å². The fraction of sp³-hybridized carbons (Fsp3) is 0.250. The minimum atomic E-state index is -0.288. The number of benzene rings is 1. The molecule has 1 N–H and O–H groups in total. The van der Waals surface area contributed by atoms with Gasteiger partial charge in [-0.3, -0.25) is 9.78 Å². The summed E-state index contributed by atoms with van der Waals surface area (Å²) in [4.78, 5) is 18.2. The number of nitrogens with zero attached hydrogens (tertiary/aromatic N) is 2. The van der Waals surface area contributed by atoms with E-state index in [2.05, 4.69) is 10.3 Å². The lowest BCUT2D eigenvalue weighted by molar-refractivity contribution is 0.0299. The molecule has 22 heavy (non-hydrogen) atoms. The summed E-state index contributed by atoms with van der Waals surface area (Å²) in [6.45, 7) is 2.27. The van der Waals surface area contributed by atoms with E-state index < -0.39 is 0 Å². The molecule has 114 valence electrons. The molecule has 1 aliphatic heterocycles. The molecule has 5 nitrogen and oxygen atoms in total. The monoisotopic (exact) mass is 301 g/mol. The number of hydrogen-bond acceptors (Lipinski definition) is 4. The molecular weight excluding hydrogens is 285 g/mol. The zero-order valence-corrected chi connectivity index (χ0v) is 12.0. The SMILES string of the molecule is O=C(c1cc(Nc2ccc(F)cc2)ccn1)N1CCOCC1. The quantitative estimate of drug-likeness (QED) is 0.946. The Bertz CT molecular complexity index is 655. The molecule has 0 spiro atoms. The number of carbonyl (C=O) groups excluding carboxylic acids is 1. The van der Waals surface area contributed by atoms with Crippen molar-refractivity contribution in [3.8, 4) is 0 Å². The first-order chi connectivity index (χ1) is 10.7. The third-order valence-electron chi connectivity index (χ3n) is 3.41. The Labute approximate surface area is 127 Å². The molecule has 0 radical (unpaired) electrons. The number of nitrogens with one attached hydrogen (secondary N) is 1. The summed E-state index contributed by atoms with van der Waals surface area (Å²) in [5.41, 5.74) is 1.87. The van der Waals surface area contributed by atoms with E-state index in [-0.39, 0.29) is 11.7 Å². The number of pyridine rings is 1. The average Bonchev–Trinajstić information content (AvgIpc) is 2.57. The van der Waals surface area contributed by atoms with Gasteiger partial charge in [0, 0.05) is 30.7 Å². The van der Waals surface area contributed by atoms with Gasteiger partial charge < -0.3 is 15.0 Å². The number of hydrogen-bond donors (Lipinski definition) is 1. The van der Waals surface area contributed by atoms with E-state index in [0.717, 1.165) is 11.4 Å². The summed E-state index contributed by atoms with van der Waals surface area (Å²) < 4.78 is 18.1. The standard InChI is InChI=1S/C16H16FN3O2/c17-12-1-3-13(4-2-12)19-14-5-6-18-15(11-14)16(21)20-7-9-22-10-8-20/h1-6,11H,7-10H2,(H,18,19). The lowest BCUT2D eigenvalue weighted by Crippen LogP contribution is -2.41. The first kappa shape index (κ1) is 14.5. The van der Waals surface area contributed by atoms with Crippen LogP contribution in [-0.2, 0) is 4.74 Å². The first-order valence-corrected chi connectivity index (χ1v) is 7.08. The molecule has 1 aliphatic rings. The van der Waals surface area contributed by atoms with Gasteiger partial charge >= 0.3 is 0 Å². The largest absolute Gasteiger partial charge is 0.378 e. The van der Waals surface area contributed by atoms with E-state index in [1.165, 1.54) is 12.1 Å². The van der Waals surface area contributed by atoms with Crippen molar-refractivity contribution in [3.63, 3.8) is 0 Å². The molecule has 1 amide bonds. The van der Waals surface area contributed by atoms with E-state index in [1.807, 2.05) is 0 Å². The molecule has 1 fully saturated rings. The molecule has 0 aliphatic carbocycles. The van der Waals surface area contributed by atoms with Gasteiger partial charge in [-0.1, -0.05) is 0 Å². The number of halogens is 1. The molecule has 1 aromatic carbocycles. The van der Waals surface area contributed by atoms with Crippen LogP contribution in [-0.4, -0.2) is 42.1 Å². The van der Waals surface area contributed by atoms with E-state index in [4.69, 9.17) is 4.74 Å². The molecular formula is C16H16FN3O2. The van der Waals surface area contributed by atoms with Gasteiger partial charge in [0.25, 0.3) is 5.91 Å². The molecule has 2 aromatic rings. The zero-order valence-electron chi connectivity index (χ0n) is 12.0. The van der Waals surface area contributed by atoms with Crippen molar-refractivity contribution < 1.29 is 13.9 Å². The van der Waals surface area contributed by atoms with Crippen molar-refractivity contribution in [1.82, 2.24) is 9.88 Å². The smallest absolute Gasteiger partial charge is 0.272 e. The third kappa shape index (κ3) is 3.40. The van der Waals surface area contributed by atoms with Gasteiger partial charge in [-0.25, -0.2) is 4.39 Å². The van der Waals surface area contributed by atoms with Gasteiger partial charge in [-0.05, 0) is 36.4 Å². The maximum Gasteiger partial charge on any atom is 0.272 e. The van der Waals surface area contributed by atoms with Crippen molar-refractivity contribution in [2.24, 2.45) is 0 Å². The van der Waals surface area contributed by atoms with E-state index in [9.17, 15) is 9.18 Å². The van der Waals surface area contributed by atoms with Crippen LogP contribution >= 0.6 is 0 Å². The number of anilines is 2. The van der Waals surface area contributed by atoms with Crippen molar-refractivity contribution in [3.05, 3.63) is 54.1 Å². The van der Waals surface area contributed by atoms with Gasteiger partial charge in [-0.15, -0.1) is 0 Å². The van der Waals surface area contributed by atoms with Crippen molar-refractivity contribution in [2.45, 2.75) is 0 Å². The van der Waals surface area contributed by atoms with Gasteiger partial charge in [0.2, 0.25) is 0 Å². The second kappa shape index (κ2) is 6.53. The number of rotatable bonds is 3. The molecule has 0 atom stereocenters. The van der Waals surface area contributed by atoms with Crippen molar-refractivity contribution >= 4 is 17.3 Å². The number of carbonyl (C=O) groups is 1. The van der Waals surface area contributed by atoms with E-state index in [0.29, 0.717) is 32.0 Å². The Morgan fingerprint density at radius 3 is 2.59 bits per heavy atom. The van der Waals surface area contributed by atoms with Gasteiger partial charge in [0.15, 0.2) is 0 Å². The summed E-state index contributed by atoms with van der Waals surface area (Å²) in [5, 5.41) is 3.13. The van der Waals surface area contributed by atoms with Crippen LogP contribution in [0.5, 0.6) is 0 Å². The normalized spacial score (nSPS) is 14.7. The number of ether oxygens (including phenoxy) is 1. The lowest BCUT2D eigenvalue weighted by atomic mass is 10.2. The topological polar surface area (TPSA) is 54.5 Å². The number of amides is 1. The second-order valence-corrected chi connectivity index (χ2v) is 4.97. The van der Waals surface area contributed by atoms with Crippen molar-refractivity contribution in [1.29, 1.82) is 0 Å². The van der Waals surface area contributed by atoms with Crippen LogP contribution in [0.25, 0.3) is 0 Å². The van der Waals surface area contributed by atoms with E-state index in [1.54, 1.807) is 35.4 Å². The predicted molar refractivity (Wildman–Crippen MR) is 80.6 cm³/mol. The highest BCUT2D eigenvalue weighted by atomic mass is 19.1. The zero-order chi connectivity index (χ0) is 15.4. The highest BCUT2D eigenvalue weighted by molar-refractivity contribution is 5.93. The summed E-state index contributed by atoms with van der Waals surface area (Å²) in [5.74, 6) is -0.394. The molecule has 0 bridgehead atoms. The highest BCUT2D eigenvalue weighted by Gasteiger charge is 2.19. The lowest BCUT2D eigenvalue weighted by Gasteiger charge is -2.26. The van der Waals surface area contributed by atoms with Crippen LogP contribution in [0, 0.1) is 5.82 Å². The Kier molecular flexibility index (Phi) is 4.29. The van der Waals surface area contributed by atoms with Crippen molar-refractivity contribution in [2.75, 3.05) is 31.6 Å². The van der Waals surface area contributed by atoms with Crippen LogP contribution in [0.2, 0.25) is 0 Å². The molecule has 6 heteroatoms. The molecule has 1 saturated heterocycles. The molecule has 0 unspecified atom stereocenters. The van der Waals surface area contributed by atoms with Crippen LogP contribution in [0.4, 0.5) is 15.8 Å². The summed E-state index contributed by atoms with van der Waals surface area (Å²) >= 11 is 0. The Hall–Kier alpha value is -2.47. The number of morpholine rings is 1. The molecule has 0 saturated carbocycles. The van der Waals surface area contributed by atoms with Gasteiger partial charge in [0.05, 0.1) is 13.2 Å². The highest BCUT2D eigenvalue weighted by Crippen LogP contribution is 2.18. The maximum absolute atomic E-state index is 12.9. The molecule has 3 rings (SSSR count). The minimum absolute atomic E-state index is 0.106. The van der Waals surface area contributed by atoms with Gasteiger partial charge in [0.1, 0.15) is 11.5 Å². The Morgan fingerprint density at radius 2 is 1.86 bits per heavy atom. The summed E-state index contributed by atoms with van der Waals surface area (Å²) in [6.07, 6.45) is 1.58. The number of aromatic nitrogens is 1. The molecule has 1 aromatic heterocycles. The molecule has 2 heterocycles. The van der Waals surface area contributed by atoms with Crippen LogP contribution < -0.4 is 5.32 Å².